The molecule has 1 heterocycles. The molecule has 3 unspecified atom stereocenters. The number of aliphatic hydroxyl groups is 1. The van der Waals surface area contributed by atoms with Crippen molar-refractivity contribution in [1.82, 2.24) is 4.90 Å². The Morgan fingerprint density at radius 2 is 1.85 bits per heavy atom. The van der Waals surface area contributed by atoms with E-state index in [1.54, 1.807) is 0 Å². The fourth-order valence-electron chi connectivity index (χ4n) is 3.84. The molecule has 1 saturated heterocycles. The van der Waals surface area contributed by atoms with E-state index >= 15 is 0 Å². The fraction of sp³-hybridized carbons (Fsp3) is 0.625. The van der Waals surface area contributed by atoms with Crippen molar-refractivity contribution in [3.8, 4) is 0 Å². The number of nitrogens with zero attached hydrogens (tertiary/aromatic N) is 1. The predicted octanol–water partition coefficient (Wildman–Crippen LogP) is 3.09. The zero-order valence-electron chi connectivity index (χ0n) is 11.6. The van der Waals surface area contributed by atoms with E-state index in [2.05, 4.69) is 4.90 Å². The lowest BCUT2D eigenvalue weighted by Crippen LogP contribution is -2.38. The van der Waals surface area contributed by atoms with Crippen molar-refractivity contribution in [2.75, 3.05) is 6.54 Å². The van der Waals surface area contributed by atoms with Gasteiger partial charge in [-0.15, -0.1) is 0 Å². The lowest BCUT2D eigenvalue weighted by Gasteiger charge is -2.31. The summed E-state index contributed by atoms with van der Waals surface area (Å²) in [4.78, 5) is 2.15. The Morgan fingerprint density at radius 1 is 1.10 bits per heavy atom. The molecular weight excluding hydrogens is 260 g/mol. The van der Waals surface area contributed by atoms with Gasteiger partial charge in [0.15, 0.2) is 0 Å². The van der Waals surface area contributed by atoms with Gasteiger partial charge >= 0.3 is 0 Å². The fourth-order valence-corrected chi connectivity index (χ4v) is 3.84. The van der Waals surface area contributed by atoms with Gasteiger partial charge in [0.1, 0.15) is 11.6 Å². The van der Waals surface area contributed by atoms with Crippen molar-refractivity contribution in [3.05, 3.63) is 35.4 Å². The van der Waals surface area contributed by atoms with Crippen LogP contribution in [0.25, 0.3) is 0 Å². The summed E-state index contributed by atoms with van der Waals surface area (Å²) in [5.41, 5.74) is 0.159. The Kier molecular flexibility index (Phi) is 4.03. The zero-order chi connectivity index (χ0) is 14.1. The number of hydrogen-bond donors (Lipinski definition) is 1. The van der Waals surface area contributed by atoms with Crippen molar-refractivity contribution < 1.29 is 13.9 Å². The molecule has 2 fully saturated rings. The molecule has 1 N–H and O–H groups in total. The number of rotatable bonds is 3. The van der Waals surface area contributed by atoms with Crippen LogP contribution in [-0.4, -0.2) is 28.7 Å². The van der Waals surface area contributed by atoms with Crippen LogP contribution in [0.3, 0.4) is 0 Å². The van der Waals surface area contributed by atoms with Crippen LogP contribution in [0.15, 0.2) is 18.2 Å². The van der Waals surface area contributed by atoms with E-state index in [4.69, 9.17) is 0 Å². The van der Waals surface area contributed by atoms with Crippen molar-refractivity contribution in [2.45, 2.75) is 50.8 Å². The molecule has 0 spiro atoms. The Balaban J connectivity index is 1.76. The first kappa shape index (κ1) is 14.0. The highest BCUT2D eigenvalue weighted by molar-refractivity contribution is 5.20. The molecule has 0 bridgehead atoms. The Bertz CT molecular complexity index is 459. The van der Waals surface area contributed by atoms with E-state index in [1.807, 2.05) is 0 Å². The molecule has 2 nitrogen and oxygen atoms in total. The highest BCUT2D eigenvalue weighted by atomic mass is 19.1. The Labute approximate surface area is 118 Å². The van der Waals surface area contributed by atoms with Gasteiger partial charge < -0.3 is 5.11 Å². The molecule has 4 heteroatoms. The number of aliphatic hydroxyl groups excluding tert-OH is 1. The van der Waals surface area contributed by atoms with E-state index in [0.717, 1.165) is 38.6 Å². The minimum atomic E-state index is -0.470. The predicted molar refractivity (Wildman–Crippen MR) is 73.1 cm³/mol. The first-order valence-corrected chi connectivity index (χ1v) is 7.52. The highest BCUT2D eigenvalue weighted by Gasteiger charge is 2.38. The lowest BCUT2D eigenvalue weighted by atomic mass is 9.94. The summed E-state index contributed by atoms with van der Waals surface area (Å²) < 4.78 is 27.5. The molecular formula is C16H21F2NO. The average molecular weight is 281 g/mol. The molecule has 20 heavy (non-hydrogen) atoms. The van der Waals surface area contributed by atoms with Crippen LogP contribution in [0, 0.1) is 17.6 Å². The molecule has 0 amide bonds. The van der Waals surface area contributed by atoms with Gasteiger partial charge in [0.25, 0.3) is 0 Å². The van der Waals surface area contributed by atoms with Crippen LogP contribution in [0.4, 0.5) is 8.78 Å². The van der Waals surface area contributed by atoms with Gasteiger partial charge in [-0.1, -0.05) is 12.5 Å². The van der Waals surface area contributed by atoms with E-state index in [-0.39, 0.29) is 23.6 Å². The molecule has 1 saturated carbocycles. The number of likely N-dealkylation sites (tertiary alicyclic amines) is 1. The molecule has 0 aromatic heterocycles. The summed E-state index contributed by atoms with van der Waals surface area (Å²) in [6, 6.07) is 4.30. The molecule has 3 rings (SSSR count). The van der Waals surface area contributed by atoms with Crippen LogP contribution in [0.5, 0.6) is 0 Å². The van der Waals surface area contributed by atoms with Crippen LogP contribution in [-0.2, 0) is 6.54 Å². The van der Waals surface area contributed by atoms with E-state index < -0.39 is 11.6 Å². The van der Waals surface area contributed by atoms with Gasteiger partial charge in [-0.2, -0.15) is 0 Å². The molecule has 1 aromatic carbocycles. The van der Waals surface area contributed by atoms with Crippen LogP contribution >= 0.6 is 0 Å². The lowest BCUT2D eigenvalue weighted by molar-refractivity contribution is 0.0710. The molecule has 1 aliphatic heterocycles. The Hall–Kier alpha value is -1.00. The first-order valence-electron chi connectivity index (χ1n) is 7.52. The number of hydrogen-bond acceptors (Lipinski definition) is 2. The molecule has 110 valence electrons. The van der Waals surface area contributed by atoms with Gasteiger partial charge in [0, 0.05) is 24.1 Å². The quantitative estimate of drug-likeness (QED) is 0.920. The zero-order valence-corrected chi connectivity index (χ0v) is 11.6. The van der Waals surface area contributed by atoms with Crippen LogP contribution in [0.1, 0.15) is 37.7 Å². The SMILES string of the molecule is OC1CCCC1C1CCCN1Cc1c(F)cccc1F. The second-order valence-corrected chi connectivity index (χ2v) is 6.04. The second kappa shape index (κ2) is 5.78. The standard InChI is InChI=1S/C16H21F2NO/c17-13-5-2-6-14(18)12(13)10-19-9-3-7-15(19)11-4-1-8-16(11)20/h2,5-6,11,15-16,20H,1,3-4,7-10H2. The monoisotopic (exact) mass is 281 g/mol. The van der Waals surface area contributed by atoms with Gasteiger partial charge in [-0.3, -0.25) is 4.90 Å². The van der Waals surface area contributed by atoms with Gasteiger partial charge in [-0.25, -0.2) is 8.78 Å². The van der Waals surface area contributed by atoms with Crippen molar-refractivity contribution in [1.29, 1.82) is 0 Å². The largest absolute Gasteiger partial charge is 0.393 e. The minimum Gasteiger partial charge on any atom is -0.393 e. The molecule has 3 atom stereocenters. The minimum absolute atomic E-state index is 0.159. The first-order chi connectivity index (χ1) is 9.66. The molecule has 0 radical (unpaired) electrons. The number of halogens is 2. The summed E-state index contributed by atoms with van der Waals surface area (Å²) in [6.45, 7) is 1.17. The van der Waals surface area contributed by atoms with Crippen molar-refractivity contribution in [3.63, 3.8) is 0 Å². The summed E-state index contributed by atoms with van der Waals surface area (Å²) in [7, 11) is 0. The van der Waals surface area contributed by atoms with Gasteiger partial charge in [-0.05, 0) is 44.4 Å². The van der Waals surface area contributed by atoms with Crippen molar-refractivity contribution in [2.24, 2.45) is 5.92 Å². The maximum Gasteiger partial charge on any atom is 0.130 e. The maximum atomic E-state index is 13.8. The van der Waals surface area contributed by atoms with Crippen LogP contribution < -0.4 is 0 Å². The second-order valence-electron chi connectivity index (χ2n) is 6.04. The van der Waals surface area contributed by atoms with E-state index in [9.17, 15) is 13.9 Å². The average Bonchev–Trinajstić information content (AvgIpc) is 3.02. The van der Waals surface area contributed by atoms with Crippen LogP contribution in [0.2, 0.25) is 0 Å². The van der Waals surface area contributed by atoms with E-state index in [1.165, 1.54) is 18.2 Å². The van der Waals surface area contributed by atoms with Gasteiger partial charge in [0.2, 0.25) is 0 Å². The molecule has 1 aromatic rings. The summed E-state index contributed by atoms with van der Waals surface area (Å²) in [5, 5.41) is 10.1. The maximum absolute atomic E-state index is 13.8. The summed E-state index contributed by atoms with van der Waals surface area (Å²) >= 11 is 0. The Morgan fingerprint density at radius 3 is 2.50 bits per heavy atom. The normalized spacial score (nSPS) is 31.1. The molecule has 2 aliphatic rings. The van der Waals surface area contributed by atoms with Gasteiger partial charge in [0.05, 0.1) is 6.10 Å². The van der Waals surface area contributed by atoms with Crippen molar-refractivity contribution >= 4 is 0 Å². The third-order valence-electron chi connectivity index (χ3n) is 4.86. The third kappa shape index (κ3) is 2.59. The van der Waals surface area contributed by atoms with E-state index in [0.29, 0.717) is 6.54 Å². The topological polar surface area (TPSA) is 23.5 Å². The smallest absolute Gasteiger partial charge is 0.130 e. The summed E-state index contributed by atoms with van der Waals surface area (Å²) in [5.74, 6) is -0.669. The third-order valence-corrected chi connectivity index (χ3v) is 4.86. The molecule has 1 aliphatic carbocycles. The summed E-state index contributed by atoms with van der Waals surface area (Å²) in [6.07, 6.45) is 4.78. The highest BCUT2D eigenvalue weighted by Crippen LogP contribution is 2.36. The number of benzene rings is 1.